The minimum absolute atomic E-state index is 0.124. The largest absolute Gasteiger partial charge is 0.326 e. The molecule has 0 aliphatic carbocycles. The molecule has 1 aliphatic rings. The Kier molecular flexibility index (Phi) is 3.39. The normalized spacial score (nSPS) is 13.8. The van der Waals surface area contributed by atoms with Crippen molar-refractivity contribution in [3.63, 3.8) is 0 Å². The molecule has 1 aliphatic heterocycles. The van der Waals surface area contributed by atoms with Crippen LogP contribution in [-0.4, -0.2) is 5.91 Å². The van der Waals surface area contributed by atoms with Crippen molar-refractivity contribution < 1.29 is 22.4 Å². The van der Waals surface area contributed by atoms with E-state index in [1.807, 2.05) is 0 Å². The van der Waals surface area contributed by atoms with Gasteiger partial charge in [0.25, 0.3) is 0 Å². The van der Waals surface area contributed by atoms with Crippen molar-refractivity contribution in [1.29, 1.82) is 0 Å². The van der Waals surface area contributed by atoms with Crippen LogP contribution < -0.4 is 5.32 Å². The zero-order chi connectivity index (χ0) is 16.0. The van der Waals surface area contributed by atoms with Crippen LogP contribution in [0.2, 0.25) is 0 Å². The molecule has 2 aromatic carbocycles. The van der Waals surface area contributed by atoms with Gasteiger partial charge < -0.3 is 5.32 Å². The van der Waals surface area contributed by atoms with Crippen LogP contribution in [0, 0.1) is 30.2 Å². The molecule has 3 rings (SSSR count). The molecule has 0 aromatic heterocycles. The lowest BCUT2D eigenvalue weighted by molar-refractivity contribution is -0.116. The fourth-order valence-electron chi connectivity index (χ4n) is 2.62. The molecule has 1 N–H and O–H groups in total. The third-order valence-corrected chi connectivity index (χ3v) is 3.79. The van der Waals surface area contributed by atoms with Crippen LogP contribution >= 0.6 is 0 Å². The van der Waals surface area contributed by atoms with Crippen molar-refractivity contribution >= 4 is 11.6 Å². The van der Waals surface area contributed by atoms with Gasteiger partial charge in [-0.2, -0.15) is 0 Å². The van der Waals surface area contributed by atoms with Gasteiger partial charge in [-0.25, -0.2) is 17.6 Å². The summed E-state index contributed by atoms with van der Waals surface area (Å²) in [6.07, 6.45) is 0.728. The predicted octanol–water partition coefficient (Wildman–Crippen LogP) is 4.10. The number of fused-ring (bicyclic) bond motifs is 1. The van der Waals surface area contributed by atoms with Gasteiger partial charge in [-0.3, -0.25) is 4.79 Å². The van der Waals surface area contributed by atoms with Gasteiger partial charge in [0.15, 0.2) is 23.3 Å². The molecule has 22 heavy (non-hydrogen) atoms. The number of hydrogen-bond donors (Lipinski definition) is 1. The van der Waals surface area contributed by atoms with E-state index in [1.165, 1.54) is 13.0 Å². The van der Waals surface area contributed by atoms with Crippen molar-refractivity contribution in [2.45, 2.75) is 19.8 Å². The number of amides is 1. The fourth-order valence-corrected chi connectivity index (χ4v) is 2.62. The first kappa shape index (κ1) is 14.6. The average molecular weight is 309 g/mol. The molecule has 114 valence electrons. The number of hydrogen-bond acceptors (Lipinski definition) is 1. The van der Waals surface area contributed by atoms with E-state index in [0.29, 0.717) is 12.1 Å². The zero-order valence-corrected chi connectivity index (χ0v) is 11.6. The van der Waals surface area contributed by atoms with Crippen LogP contribution in [0.3, 0.4) is 0 Å². The van der Waals surface area contributed by atoms with Crippen LogP contribution in [0.25, 0.3) is 11.1 Å². The summed E-state index contributed by atoms with van der Waals surface area (Å²) in [7, 11) is 0. The van der Waals surface area contributed by atoms with E-state index in [2.05, 4.69) is 5.32 Å². The number of aryl methyl sites for hydroxylation is 1. The number of anilines is 1. The minimum atomic E-state index is -1.83. The van der Waals surface area contributed by atoms with Gasteiger partial charge in [0, 0.05) is 17.7 Å². The number of rotatable bonds is 1. The zero-order valence-electron chi connectivity index (χ0n) is 11.6. The fraction of sp³-hybridized carbons (Fsp3) is 0.188. The van der Waals surface area contributed by atoms with Crippen molar-refractivity contribution in [2.24, 2.45) is 0 Å². The first-order chi connectivity index (χ1) is 10.4. The van der Waals surface area contributed by atoms with Gasteiger partial charge in [-0.1, -0.05) is 6.07 Å². The van der Waals surface area contributed by atoms with Crippen molar-refractivity contribution in [2.75, 3.05) is 5.32 Å². The highest BCUT2D eigenvalue weighted by molar-refractivity contribution is 5.94. The monoisotopic (exact) mass is 309 g/mol. The Morgan fingerprint density at radius 3 is 2.36 bits per heavy atom. The first-order valence-corrected chi connectivity index (χ1v) is 6.66. The van der Waals surface area contributed by atoms with Crippen LogP contribution in [-0.2, 0) is 11.2 Å². The third-order valence-electron chi connectivity index (χ3n) is 3.79. The molecule has 0 saturated heterocycles. The van der Waals surface area contributed by atoms with Gasteiger partial charge in [-0.15, -0.1) is 0 Å². The smallest absolute Gasteiger partial charge is 0.224 e. The van der Waals surface area contributed by atoms with Crippen LogP contribution in [0.1, 0.15) is 17.5 Å². The summed E-state index contributed by atoms with van der Waals surface area (Å²) in [6, 6.07) is 4.53. The quantitative estimate of drug-likeness (QED) is 0.479. The molecule has 0 radical (unpaired) electrons. The molecule has 0 spiro atoms. The van der Waals surface area contributed by atoms with E-state index < -0.39 is 23.3 Å². The Morgan fingerprint density at radius 1 is 0.955 bits per heavy atom. The Labute approximate surface area is 123 Å². The second kappa shape index (κ2) is 5.12. The van der Waals surface area contributed by atoms with E-state index in [9.17, 15) is 22.4 Å². The van der Waals surface area contributed by atoms with Crippen LogP contribution in [0.15, 0.2) is 18.2 Å². The average Bonchev–Trinajstić information content (AvgIpc) is 2.51. The maximum atomic E-state index is 14.0. The molecule has 6 heteroatoms. The van der Waals surface area contributed by atoms with E-state index in [0.717, 1.165) is 5.56 Å². The summed E-state index contributed by atoms with van der Waals surface area (Å²) in [4.78, 5) is 11.3. The highest BCUT2D eigenvalue weighted by atomic mass is 19.2. The molecule has 0 saturated carbocycles. The van der Waals surface area contributed by atoms with Gasteiger partial charge in [0.1, 0.15) is 0 Å². The predicted molar refractivity (Wildman–Crippen MR) is 73.4 cm³/mol. The second-order valence-corrected chi connectivity index (χ2v) is 5.18. The Hall–Kier alpha value is -2.37. The summed E-state index contributed by atoms with van der Waals surface area (Å²) >= 11 is 0. The maximum Gasteiger partial charge on any atom is 0.224 e. The molecular formula is C16H11F4NO. The summed E-state index contributed by atoms with van der Waals surface area (Å²) < 4.78 is 54.4. The van der Waals surface area contributed by atoms with E-state index >= 15 is 0 Å². The summed E-state index contributed by atoms with van der Waals surface area (Å²) in [6.45, 7) is 1.19. The highest BCUT2D eigenvalue weighted by Crippen LogP contribution is 2.35. The van der Waals surface area contributed by atoms with Crippen LogP contribution in [0.4, 0.5) is 23.2 Å². The molecule has 1 heterocycles. The number of nitrogens with one attached hydrogen (secondary N) is 1. The lowest BCUT2D eigenvalue weighted by atomic mass is 9.94. The van der Waals surface area contributed by atoms with Gasteiger partial charge in [0.05, 0.1) is 0 Å². The third kappa shape index (κ3) is 2.15. The van der Waals surface area contributed by atoms with Gasteiger partial charge in [-0.05, 0) is 42.2 Å². The number of carbonyl (C=O) groups excluding carboxylic acids is 1. The molecule has 0 unspecified atom stereocenters. The number of benzene rings is 2. The summed E-state index contributed by atoms with van der Waals surface area (Å²) in [5, 5.41) is 2.66. The minimum Gasteiger partial charge on any atom is -0.326 e. The van der Waals surface area contributed by atoms with Crippen molar-refractivity contribution in [3.8, 4) is 11.1 Å². The lowest BCUT2D eigenvalue weighted by Gasteiger charge is -2.18. The maximum absolute atomic E-state index is 14.0. The molecule has 2 nitrogen and oxygen atoms in total. The van der Waals surface area contributed by atoms with Crippen molar-refractivity contribution in [3.05, 3.63) is 52.6 Å². The van der Waals surface area contributed by atoms with Gasteiger partial charge in [0.2, 0.25) is 5.91 Å². The standard InChI is InChI=1S/C16H11F4NO/c1-7-12(14(18)16(20)15(19)13(7)17)9-2-4-10-8(6-9)3-5-11(22)21-10/h2,4,6H,3,5H2,1H3,(H,21,22). The first-order valence-electron chi connectivity index (χ1n) is 6.66. The Balaban J connectivity index is 2.19. The topological polar surface area (TPSA) is 29.1 Å². The second-order valence-electron chi connectivity index (χ2n) is 5.18. The SMILES string of the molecule is Cc1c(F)c(F)c(F)c(F)c1-c1ccc2c(c1)CCC(=O)N2. The highest BCUT2D eigenvalue weighted by Gasteiger charge is 2.24. The van der Waals surface area contributed by atoms with E-state index in [4.69, 9.17) is 0 Å². The van der Waals surface area contributed by atoms with Crippen LogP contribution in [0.5, 0.6) is 0 Å². The lowest BCUT2D eigenvalue weighted by Crippen LogP contribution is -2.18. The van der Waals surface area contributed by atoms with E-state index in [-0.39, 0.29) is 29.0 Å². The van der Waals surface area contributed by atoms with Crippen molar-refractivity contribution in [1.82, 2.24) is 0 Å². The molecule has 1 amide bonds. The van der Waals surface area contributed by atoms with E-state index in [1.54, 1.807) is 12.1 Å². The molecule has 2 aromatic rings. The molecule has 0 atom stereocenters. The number of carbonyl (C=O) groups is 1. The van der Waals surface area contributed by atoms with Gasteiger partial charge >= 0.3 is 0 Å². The Bertz CT molecular complexity index is 772. The Morgan fingerprint density at radius 2 is 1.64 bits per heavy atom. The molecule has 0 fully saturated rings. The summed E-state index contributed by atoms with van der Waals surface area (Å²) in [5.74, 6) is -6.59. The molecule has 0 bridgehead atoms. The summed E-state index contributed by atoms with van der Waals surface area (Å²) in [5.41, 5.74) is 0.956. The molecular weight excluding hydrogens is 298 g/mol. The number of halogens is 4.